The fraction of sp³-hybridized carbons (Fsp3) is 0.200. The third-order valence-electron chi connectivity index (χ3n) is 3.91. The predicted octanol–water partition coefficient (Wildman–Crippen LogP) is 4.52. The Morgan fingerprint density at radius 2 is 2.00 bits per heavy atom. The average molecular weight is 351 g/mol. The third kappa shape index (κ3) is 4.12. The fourth-order valence-corrected chi connectivity index (χ4v) is 3.44. The van der Waals surface area contributed by atoms with Crippen molar-refractivity contribution in [3.63, 3.8) is 0 Å². The molecule has 3 rings (SSSR count). The van der Waals surface area contributed by atoms with Crippen molar-refractivity contribution < 1.29 is 4.79 Å². The topological polar surface area (TPSA) is 46.9 Å². The van der Waals surface area contributed by atoms with Gasteiger partial charge in [-0.2, -0.15) is 0 Å². The molecule has 0 fully saturated rings. The molecule has 0 saturated heterocycles. The number of para-hydroxylation sites is 2. The van der Waals surface area contributed by atoms with Crippen LogP contribution in [0.4, 0.5) is 5.69 Å². The van der Waals surface area contributed by atoms with E-state index in [2.05, 4.69) is 28.4 Å². The van der Waals surface area contributed by atoms with E-state index in [4.69, 9.17) is 0 Å². The van der Waals surface area contributed by atoms with E-state index < -0.39 is 0 Å². The fourth-order valence-electron chi connectivity index (χ4n) is 2.62. The number of benzene rings is 2. The minimum Gasteiger partial charge on any atom is -0.325 e. The lowest BCUT2D eigenvalue weighted by Crippen LogP contribution is -2.14. The monoisotopic (exact) mass is 351 g/mol. The second-order valence-corrected chi connectivity index (χ2v) is 6.61. The van der Waals surface area contributed by atoms with Gasteiger partial charge in [0, 0.05) is 12.2 Å². The number of fused-ring (bicyclic) bond motifs is 1. The summed E-state index contributed by atoms with van der Waals surface area (Å²) in [6.45, 7) is 6.59. The minimum atomic E-state index is -0.0357. The molecule has 2 aromatic carbocycles. The molecular weight excluding hydrogens is 330 g/mol. The first-order chi connectivity index (χ1) is 12.2. The van der Waals surface area contributed by atoms with Crippen molar-refractivity contribution in [2.45, 2.75) is 25.0 Å². The van der Waals surface area contributed by atoms with Gasteiger partial charge in [0.05, 0.1) is 16.8 Å². The quantitative estimate of drug-likeness (QED) is 0.503. The van der Waals surface area contributed by atoms with Crippen molar-refractivity contribution in [2.24, 2.45) is 0 Å². The Morgan fingerprint density at radius 1 is 1.24 bits per heavy atom. The molecule has 5 heteroatoms. The Hall–Kier alpha value is -2.53. The Balaban J connectivity index is 1.68. The van der Waals surface area contributed by atoms with E-state index in [1.54, 1.807) is 0 Å². The number of aryl methyl sites for hydroxylation is 1. The maximum atomic E-state index is 12.2. The largest absolute Gasteiger partial charge is 0.325 e. The van der Waals surface area contributed by atoms with E-state index in [0.29, 0.717) is 12.3 Å². The third-order valence-corrected chi connectivity index (χ3v) is 4.89. The smallest absolute Gasteiger partial charge is 0.234 e. The Morgan fingerprint density at radius 3 is 2.72 bits per heavy atom. The summed E-state index contributed by atoms with van der Waals surface area (Å²) in [4.78, 5) is 16.9. The zero-order valence-electron chi connectivity index (χ0n) is 14.2. The maximum absolute atomic E-state index is 12.2. The summed E-state index contributed by atoms with van der Waals surface area (Å²) in [5.74, 6) is 0.280. The van der Waals surface area contributed by atoms with Crippen LogP contribution in [0.15, 0.2) is 66.3 Å². The van der Waals surface area contributed by atoms with Crippen molar-refractivity contribution in [1.82, 2.24) is 9.55 Å². The van der Waals surface area contributed by atoms with Crippen LogP contribution in [0, 0.1) is 0 Å². The molecule has 25 heavy (non-hydrogen) atoms. The number of hydrogen-bond acceptors (Lipinski definition) is 3. The molecule has 0 atom stereocenters. The van der Waals surface area contributed by atoms with E-state index in [-0.39, 0.29) is 5.91 Å². The first-order valence-corrected chi connectivity index (χ1v) is 9.27. The second-order valence-electron chi connectivity index (χ2n) is 5.67. The summed E-state index contributed by atoms with van der Waals surface area (Å²) in [5, 5.41) is 3.76. The number of allylic oxidation sites excluding steroid dienone is 1. The van der Waals surface area contributed by atoms with Crippen LogP contribution in [0.25, 0.3) is 11.0 Å². The number of nitrogens with zero attached hydrogens (tertiary/aromatic N) is 2. The summed E-state index contributed by atoms with van der Waals surface area (Å²) >= 11 is 1.44. The number of anilines is 1. The van der Waals surface area contributed by atoms with Crippen LogP contribution in [0.3, 0.4) is 0 Å². The van der Waals surface area contributed by atoms with Crippen molar-refractivity contribution in [1.29, 1.82) is 0 Å². The molecule has 4 nitrogen and oxygen atoms in total. The predicted molar refractivity (Wildman–Crippen MR) is 105 cm³/mol. The zero-order chi connectivity index (χ0) is 17.6. The van der Waals surface area contributed by atoms with E-state index in [1.165, 1.54) is 17.3 Å². The molecule has 1 aromatic heterocycles. The van der Waals surface area contributed by atoms with Gasteiger partial charge in [-0.3, -0.25) is 4.79 Å². The molecule has 0 aliphatic rings. The summed E-state index contributed by atoms with van der Waals surface area (Å²) in [6.07, 6.45) is 2.83. The minimum absolute atomic E-state index is 0.0357. The van der Waals surface area contributed by atoms with Crippen LogP contribution in [0.1, 0.15) is 12.5 Å². The summed E-state index contributed by atoms with van der Waals surface area (Å²) < 4.78 is 2.08. The normalized spacial score (nSPS) is 10.8. The van der Waals surface area contributed by atoms with E-state index in [1.807, 2.05) is 54.6 Å². The standard InChI is InChI=1S/C20H21N3OS/c1-3-13-23-18-8-6-5-7-17(18)22-20(23)25-14-19(24)21-16-11-9-15(4-2)10-12-16/h3,5-12H,1,4,13-14H2,2H3,(H,21,24). The van der Waals surface area contributed by atoms with Crippen molar-refractivity contribution >= 4 is 34.4 Å². The summed E-state index contributed by atoms with van der Waals surface area (Å²) in [6, 6.07) is 15.9. The highest BCUT2D eigenvalue weighted by Gasteiger charge is 2.12. The summed E-state index contributed by atoms with van der Waals surface area (Å²) in [7, 11) is 0. The lowest BCUT2D eigenvalue weighted by molar-refractivity contribution is -0.113. The van der Waals surface area contributed by atoms with Crippen molar-refractivity contribution in [2.75, 3.05) is 11.1 Å². The lowest BCUT2D eigenvalue weighted by Gasteiger charge is -2.07. The Bertz CT molecular complexity index is 884. The van der Waals surface area contributed by atoms with E-state index in [0.717, 1.165) is 28.3 Å². The van der Waals surface area contributed by atoms with Crippen LogP contribution >= 0.6 is 11.8 Å². The molecule has 0 aliphatic heterocycles. The SMILES string of the molecule is C=CCn1c(SCC(=O)Nc2ccc(CC)cc2)nc2ccccc21. The Labute approximate surface area is 152 Å². The second kappa shape index (κ2) is 8.03. The number of nitrogens with one attached hydrogen (secondary N) is 1. The molecular formula is C20H21N3OS. The Kier molecular flexibility index (Phi) is 5.56. The highest BCUT2D eigenvalue weighted by Crippen LogP contribution is 2.24. The number of hydrogen-bond donors (Lipinski definition) is 1. The number of amides is 1. The molecule has 0 spiro atoms. The van der Waals surface area contributed by atoms with Gasteiger partial charge in [-0.1, -0.05) is 49.0 Å². The molecule has 1 heterocycles. The van der Waals surface area contributed by atoms with Crippen LogP contribution in [0.5, 0.6) is 0 Å². The van der Waals surface area contributed by atoms with Gasteiger partial charge in [0.1, 0.15) is 0 Å². The molecule has 128 valence electrons. The molecule has 0 radical (unpaired) electrons. The van der Waals surface area contributed by atoms with Gasteiger partial charge in [-0.25, -0.2) is 4.98 Å². The van der Waals surface area contributed by atoms with Gasteiger partial charge >= 0.3 is 0 Å². The van der Waals surface area contributed by atoms with Gasteiger partial charge in [-0.05, 0) is 36.2 Å². The molecule has 0 bridgehead atoms. The van der Waals surface area contributed by atoms with Gasteiger partial charge in [0.2, 0.25) is 5.91 Å². The van der Waals surface area contributed by atoms with Crippen LogP contribution in [-0.4, -0.2) is 21.2 Å². The van der Waals surface area contributed by atoms with Crippen molar-refractivity contribution in [3.05, 3.63) is 66.7 Å². The number of thioether (sulfide) groups is 1. The first kappa shape index (κ1) is 17.3. The first-order valence-electron chi connectivity index (χ1n) is 8.29. The van der Waals surface area contributed by atoms with Crippen LogP contribution < -0.4 is 5.32 Å². The highest BCUT2D eigenvalue weighted by molar-refractivity contribution is 7.99. The average Bonchev–Trinajstić information content (AvgIpc) is 2.99. The molecule has 0 saturated carbocycles. The number of carbonyl (C=O) groups excluding carboxylic acids is 1. The van der Waals surface area contributed by atoms with Gasteiger partial charge in [-0.15, -0.1) is 6.58 Å². The number of rotatable bonds is 7. The zero-order valence-corrected chi connectivity index (χ0v) is 15.1. The number of carbonyl (C=O) groups is 1. The highest BCUT2D eigenvalue weighted by atomic mass is 32.2. The molecule has 3 aromatic rings. The van der Waals surface area contributed by atoms with E-state index >= 15 is 0 Å². The van der Waals surface area contributed by atoms with Crippen LogP contribution in [0.2, 0.25) is 0 Å². The lowest BCUT2D eigenvalue weighted by atomic mass is 10.1. The van der Waals surface area contributed by atoms with Gasteiger partial charge in [0.25, 0.3) is 0 Å². The van der Waals surface area contributed by atoms with Crippen LogP contribution in [-0.2, 0) is 17.8 Å². The molecule has 0 unspecified atom stereocenters. The number of aromatic nitrogens is 2. The molecule has 1 N–H and O–H groups in total. The van der Waals surface area contributed by atoms with Gasteiger partial charge < -0.3 is 9.88 Å². The number of imidazole rings is 1. The summed E-state index contributed by atoms with van der Waals surface area (Å²) in [5.41, 5.74) is 4.07. The maximum Gasteiger partial charge on any atom is 0.234 e. The van der Waals surface area contributed by atoms with Crippen molar-refractivity contribution in [3.8, 4) is 0 Å². The van der Waals surface area contributed by atoms with E-state index in [9.17, 15) is 4.79 Å². The van der Waals surface area contributed by atoms with Gasteiger partial charge in [0.15, 0.2) is 5.16 Å². The molecule has 0 aliphatic carbocycles. The molecule has 1 amide bonds.